The molecule has 0 bridgehead atoms. The first-order chi connectivity index (χ1) is 9.76. The highest BCUT2D eigenvalue weighted by Crippen LogP contribution is 2.28. The maximum Gasteiger partial charge on any atom is 0.265 e. The molecule has 4 heteroatoms. The van der Waals surface area contributed by atoms with Crippen molar-refractivity contribution in [2.24, 2.45) is 0 Å². The zero-order valence-electron chi connectivity index (χ0n) is 11.1. The molecule has 2 aromatic rings. The van der Waals surface area contributed by atoms with Crippen LogP contribution in [0, 0.1) is 0 Å². The van der Waals surface area contributed by atoms with Crippen LogP contribution in [-0.4, -0.2) is 18.3 Å². The van der Waals surface area contributed by atoms with E-state index in [9.17, 15) is 4.79 Å². The van der Waals surface area contributed by atoms with Crippen molar-refractivity contribution in [2.75, 3.05) is 11.6 Å². The summed E-state index contributed by atoms with van der Waals surface area (Å²) in [5, 5.41) is 2.90. The van der Waals surface area contributed by atoms with Crippen molar-refractivity contribution in [2.45, 2.75) is 17.4 Å². The van der Waals surface area contributed by atoms with E-state index in [4.69, 9.17) is 4.74 Å². The molecule has 1 amide bonds. The summed E-state index contributed by atoms with van der Waals surface area (Å²) in [6.45, 7) is 0. The fraction of sp³-hybridized carbons (Fsp3) is 0.188. The first-order valence-electron chi connectivity index (χ1n) is 6.46. The number of ether oxygens (including phenoxy) is 1. The average Bonchev–Trinajstić information content (AvgIpc) is 2.92. The maximum absolute atomic E-state index is 12.2. The summed E-state index contributed by atoms with van der Waals surface area (Å²) >= 11 is 1.68. The van der Waals surface area contributed by atoms with Gasteiger partial charge in [0.05, 0.1) is 0 Å². The molecule has 1 heterocycles. The number of fused-ring (bicyclic) bond motifs is 1. The lowest BCUT2D eigenvalue weighted by Crippen LogP contribution is -2.31. The van der Waals surface area contributed by atoms with Crippen LogP contribution in [0.3, 0.4) is 0 Å². The fourth-order valence-electron chi connectivity index (χ4n) is 2.23. The molecule has 1 aliphatic heterocycles. The minimum atomic E-state index is -0.437. The Balaban J connectivity index is 1.66. The van der Waals surface area contributed by atoms with E-state index in [1.54, 1.807) is 11.8 Å². The smallest absolute Gasteiger partial charge is 0.265 e. The number of anilines is 1. The van der Waals surface area contributed by atoms with E-state index in [1.165, 1.54) is 4.90 Å². The molecule has 2 aromatic carbocycles. The van der Waals surface area contributed by atoms with Gasteiger partial charge in [-0.05, 0) is 42.2 Å². The minimum absolute atomic E-state index is 0.0990. The molecule has 0 aromatic heterocycles. The van der Waals surface area contributed by atoms with Crippen LogP contribution in [0.4, 0.5) is 5.69 Å². The van der Waals surface area contributed by atoms with Gasteiger partial charge in [-0.1, -0.05) is 18.2 Å². The van der Waals surface area contributed by atoms with Gasteiger partial charge in [-0.2, -0.15) is 0 Å². The summed E-state index contributed by atoms with van der Waals surface area (Å²) in [5.74, 6) is 0.712. The second-order valence-corrected chi connectivity index (χ2v) is 5.52. The normalized spacial score (nSPS) is 16.4. The molecule has 102 valence electrons. The van der Waals surface area contributed by atoms with Crippen molar-refractivity contribution in [3.05, 3.63) is 54.1 Å². The molecule has 3 nitrogen and oxygen atoms in total. The van der Waals surface area contributed by atoms with Crippen LogP contribution in [0.2, 0.25) is 0 Å². The topological polar surface area (TPSA) is 38.3 Å². The van der Waals surface area contributed by atoms with Gasteiger partial charge >= 0.3 is 0 Å². The van der Waals surface area contributed by atoms with Gasteiger partial charge in [0.25, 0.3) is 5.91 Å². The Morgan fingerprint density at radius 3 is 2.65 bits per heavy atom. The molecule has 0 spiro atoms. The third-order valence-corrected chi connectivity index (χ3v) is 4.04. The van der Waals surface area contributed by atoms with Gasteiger partial charge in [0.1, 0.15) is 5.75 Å². The molecular weight excluding hydrogens is 270 g/mol. The molecule has 0 fully saturated rings. The van der Waals surface area contributed by atoms with Crippen molar-refractivity contribution < 1.29 is 9.53 Å². The number of amides is 1. The Bertz CT molecular complexity index is 600. The molecule has 0 radical (unpaired) electrons. The number of carbonyl (C=O) groups is 1. The highest BCUT2D eigenvalue weighted by molar-refractivity contribution is 7.98. The summed E-state index contributed by atoms with van der Waals surface area (Å²) in [4.78, 5) is 13.4. The van der Waals surface area contributed by atoms with Gasteiger partial charge < -0.3 is 10.1 Å². The summed E-state index contributed by atoms with van der Waals surface area (Å²) in [6.07, 6.45) is 2.22. The Hall–Kier alpha value is -1.94. The van der Waals surface area contributed by atoms with Crippen LogP contribution in [0.25, 0.3) is 0 Å². The molecule has 0 saturated heterocycles. The highest BCUT2D eigenvalue weighted by Gasteiger charge is 2.28. The molecule has 0 saturated carbocycles. The zero-order chi connectivity index (χ0) is 13.9. The predicted octanol–water partition coefficient (Wildman–Crippen LogP) is 3.35. The minimum Gasteiger partial charge on any atom is -0.480 e. The summed E-state index contributed by atoms with van der Waals surface area (Å²) < 4.78 is 5.67. The Labute approximate surface area is 122 Å². The van der Waals surface area contributed by atoms with Crippen LogP contribution in [0.15, 0.2) is 53.4 Å². The second-order valence-electron chi connectivity index (χ2n) is 4.64. The van der Waals surface area contributed by atoms with Gasteiger partial charge in [-0.3, -0.25) is 4.79 Å². The third-order valence-electron chi connectivity index (χ3n) is 3.30. The van der Waals surface area contributed by atoms with Crippen molar-refractivity contribution in [3.8, 4) is 5.75 Å². The number of hydrogen-bond donors (Lipinski definition) is 1. The van der Waals surface area contributed by atoms with E-state index in [0.29, 0.717) is 6.42 Å². The Kier molecular flexibility index (Phi) is 3.65. The van der Waals surface area contributed by atoms with E-state index in [-0.39, 0.29) is 5.91 Å². The van der Waals surface area contributed by atoms with E-state index in [1.807, 2.05) is 54.8 Å². The molecule has 20 heavy (non-hydrogen) atoms. The summed E-state index contributed by atoms with van der Waals surface area (Å²) in [5.41, 5.74) is 1.89. The summed E-state index contributed by atoms with van der Waals surface area (Å²) in [7, 11) is 0. The fourth-order valence-corrected chi connectivity index (χ4v) is 2.63. The Morgan fingerprint density at radius 1 is 1.20 bits per heavy atom. The lowest BCUT2D eigenvalue weighted by molar-refractivity contribution is -0.122. The first kappa shape index (κ1) is 13.1. The van der Waals surface area contributed by atoms with Crippen LogP contribution < -0.4 is 10.1 Å². The van der Waals surface area contributed by atoms with Crippen molar-refractivity contribution >= 4 is 23.4 Å². The molecule has 1 aliphatic rings. The van der Waals surface area contributed by atoms with Gasteiger partial charge in [0, 0.05) is 17.0 Å². The third kappa shape index (κ3) is 2.65. The van der Waals surface area contributed by atoms with Gasteiger partial charge in [0.15, 0.2) is 6.10 Å². The number of rotatable bonds is 3. The molecule has 3 rings (SSSR count). The van der Waals surface area contributed by atoms with Crippen molar-refractivity contribution in [1.29, 1.82) is 0 Å². The summed E-state index contributed by atoms with van der Waals surface area (Å²) in [6, 6.07) is 15.6. The SMILES string of the molecule is CSc1ccc(NC(=O)C2Cc3ccccc3O2)cc1. The van der Waals surface area contributed by atoms with Gasteiger partial charge in [0.2, 0.25) is 0 Å². The highest BCUT2D eigenvalue weighted by atomic mass is 32.2. The number of benzene rings is 2. The van der Waals surface area contributed by atoms with E-state index < -0.39 is 6.10 Å². The number of thioether (sulfide) groups is 1. The molecule has 1 atom stereocenters. The average molecular weight is 285 g/mol. The molecule has 0 aliphatic carbocycles. The molecule has 1 N–H and O–H groups in total. The number of nitrogens with one attached hydrogen (secondary N) is 1. The number of para-hydroxylation sites is 1. The van der Waals surface area contributed by atoms with E-state index in [2.05, 4.69) is 5.32 Å². The monoisotopic (exact) mass is 285 g/mol. The molecular formula is C16H15NO2S. The first-order valence-corrected chi connectivity index (χ1v) is 7.68. The quantitative estimate of drug-likeness (QED) is 0.879. The second kappa shape index (κ2) is 5.59. The largest absolute Gasteiger partial charge is 0.480 e. The van der Waals surface area contributed by atoms with Crippen molar-refractivity contribution in [1.82, 2.24) is 0 Å². The Morgan fingerprint density at radius 2 is 1.95 bits per heavy atom. The maximum atomic E-state index is 12.2. The predicted molar refractivity (Wildman–Crippen MR) is 81.4 cm³/mol. The number of carbonyl (C=O) groups excluding carboxylic acids is 1. The van der Waals surface area contributed by atoms with Gasteiger partial charge in [-0.15, -0.1) is 11.8 Å². The van der Waals surface area contributed by atoms with Crippen LogP contribution in [-0.2, 0) is 11.2 Å². The lowest BCUT2D eigenvalue weighted by Gasteiger charge is -2.11. The van der Waals surface area contributed by atoms with Crippen LogP contribution >= 0.6 is 11.8 Å². The standard InChI is InChI=1S/C16H15NO2S/c1-20-13-8-6-12(7-9-13)17-16(18)15-10-11-4-2-3-5-14(11)19-15/h2-9,15H,10H2,1H3,(H,17,18). The molecule has 1 unspecified atom stereocenters. The van der Waals surface area contributed by atoms with Crippen LogP contribution in [0.1, 0.15) is 5.56 Å². The van der Waals surface area contributed by atoms with Crippen LogP contribution in [0.5, 0.6) is 5.75 Å². The van der Waals surface area contributed by atoms with Crippen molar-refractivity contribution in [3.63, 3.8) is 0 Å². The lowest BCUT2D eigenvalue weighted by atomic mass is 10.1. The van der Waals surface area contributed by atoms with Gasteiger partial charge in [-0.25, -0.2) is 0 Å². The van der Waals surface area contributed by atoms with E-state index >= 15 is 0 Å². The van der Waals surface area contributed by atoms with E-state index in [0.717, 1.165) is 17.0 Å². The number of hydrogen-bond acceptors (Lipinski definition) is 3. The zero-order valence-corrected chi connectivity index (χ0v) is 11.9.